The van der Waals surface area contributed by atoms with Gasteiger partial charge in [0.1, 0.15) is 0 Å². The molecule has 0 saturated carbocycles. The van der Waals surface area contributed by atoms with Crippen LogP contribution in [0.1, 0.15) is 21.0 Å². The van der Waals surface area contributed by atoms with Crippen molar-refractivity contribution in [3.8, 4) is 0 Å². The standard InChI is InChI=1S/C16H14ClNO2S/c1-10-12-6-3-7-13(17)15(12)20-14(10)16(19)18(2)9-11-5-4-8-21-11/h3-8H,9H2,1-2H3. The van der Waals surface area contributed by atoms with Gasteiger partial charge in [0, 0.05) is 22.9 Å². The largest absolute Gasteiger partial charge is 0.449 e. The highest BCUT2D eigenvalue weighted by Crippen LogP contribution is 2.31. The Balaban J connectivity index is 1.94. The number of aryl methyl sites for hydroxylation is 1. The minimum atomic E-state index is -0.131. The molecule has 0 aliphatic rings. The van der Waals surface area contributed by atoms with Crippen molar-refractivity contribution in [3.05, 3.63) is 56.9 Å². The summed E-state index contributed by atoms with van der Waals surface area (Å²) < 4.78 is 5.71. The van der Waals surface area contributed by atoms with Crippen molar-refractivity contribution in [2.75, 3.05) is 7.05 Å². The molecule has 0 aliphatic carbocycles. The van der Waals surface area contributed by atoms with Gasteiger partial charge in [-0.3, -0.25) is 4.79 Å². The number of halogens is 1. The minimum Gasteiger partial charge on any atom is -0.449 e. The van der Waals surface area contributed by atoms with Crippen molar-refractivity contribution in [1.29, 1.82) is 0 Å². The number of thiophene rings is 1. The number of furan rings is 1. The van der Waals surface area contributed by atoms with Crippen molar-refractivity contribution in [2.45, 2.75) is 13.5 Å². The molecule has 1 amide bonds. The summed E-state index contributed by atoms with van der Waals surface area (Å²) in [4.78, 5) is 15.4. The first-order valence-electron chi connectivity index (χ1n) is 6.53. The number of carbonyl (C=O) groups is 1. The van der Waals surface area contributed by atoms with E-state index in [0.717, 1.165) is 15.8 Å². The van der Waals surface area contributed by atoms with Crippen LogP contribution in [-0.4, -0.2) is 17.9 Å². The van der Waals surface area contributed by atoms with E-state index in [1.54, 1.807) is 29.4 Å². The summed E-state index contributed by atoms with van der Waals surface area (Å²) in [6.07, 6.45) is 0. The van der Waals surface area contributed by atoms with Gasteiger partial charge in [-0.25, -0.2) is 0 Å². The van der Waals surface area contributed by atoms with Crippen molar-refractivity contribution in [2.24, 2.45) is 0 Å². The van der Waals surface area contributed by atoms with E-state index in [9.17, 15) is 4.79 Å². The molecule has 0 radical (unpaired) electrons. The highest BCUT2D eigenvalue weighted by Gasteiger charge is 2.22. The molecule has 0 spiro atoms. The zero-order chi connectivity index (χ0) is 15.0. The molecule has 0 bridgehead atoms. The van der Waals surface area contributed by atoms with E-state index in [-0.39, 0.29) is 5.91 Å². The van der Waals surface area contributed by atoms with Crippen molar-refractivity contribution >= 4 is 39.8 Å². The number of amides is 1. The molecule has 5 heteroatoms. The molecule has 3 nitrogen and oxygen atoms in total. The van der Waals surface area contributed by atoms with Crippen LogP contribution >= 0.6 is 22.9 Å². The maximum Gasteiger partial charge on any atom is 0.289 e. The average molecular weight is 320 g/mol. The Bertz CT molecular complexity index is 792. The quantitative estimate of drug-likeness (QED) is 0.699. The predicted octanol–water partition coefficient (Wildman–Crippen LogP) is 4.73. The molecule has 21 heavy (non-hydrogen) atoms. The fourth-order valence-electron chi connectivity index (χ4n) is 2.29. The van der Waals surface area contributed by atoms with E-state index in [4.69, 9.17) is 16.0 Å². The van der Waals surface area contributed by atoms with Gasteiger partial charge in [-0.15, -0.1) is 11.3 Å². The van der Waals surface area contributed by atoms with Crippen LogP contribution < -0.4 is 0 Å². The van der Waals surface area contributed by atoms with Crippen LogP contribution in [0.2, 0.25) is 5.02 Å². The summed E-state index contributed by atoms with van der Waals surface area (Å²) in [5, 5.41) is 3.41. The van der Waals surface area contributed by atoms with Gasteiger partial charge in [0.15, 0.2) is 11.3 Å². The average Bonchev–Trinajstić information content (AvgIpc) is 3.08. The first-order chi connectivity index (χ1) is 10.1. The topological polar surface area (TPSA) is 33.5 Å². The Morgan fingerprint density at radius 2 is 2.14 bits per heavy atom. The van der Waals surface area contributed by atoms with Gasteiger partial charge < -0.3 is 9.32 Å². The summed E-state index contributed by atoms with van der Waals surface area (Å²) in [5.41, 5.74) is 1.40. The Labute approximate surface area is 131 Å². The number of fused-ring (bicyclic) bond motifs is 1. The first-order valence-corrected chi connectivity index (χ1v) is 7.79. The molecule has 0 saturated heterocycles. The second-order valence-corrected chi connectivity index (χ2v) is 6.35. The molecule has 3 aromatic rings. The van der Waals surface area contributed by atoms with Crippen LogP contribution in [0.4, 0.5) is 0 Å². The predicted molar refractivity (Wildman–Crippen MR) is 86.1 cm³/mol. The number of carbonyl (C=O) groups excluding carboxylic acids is 1. The number of rotatable bonds is 3. The molecular formula is C16H14ClNO2S. The van der Waals surface area contributed by atoms with Crippen LogP contribution in [0.25, 0.3) is 11.0 Å². The summed E-state index contributed by atoms with van der Waals surface area (Å²) in [7, 11) is 1.77. The molecule has 2 heterocycles. The van der Waals surface area contributed by atoms with E-state index >= 15 is 0 Å². The van der Waals surface area contributed by atoms with Gasteiger partial charge >= 0.3 is 0 Å². The normalized spacial score (nSPS) is 11.0. The second kappa shape index (κ2) is 5.54. The molecule has 0 fully saturated rings. The molecule has 0 unspecified atom stereocenters. The van der Waals surface area contributed by atoms with Gasteiger partial charge in [0.05, 0.1) is 11.6 Å². The van der Waals surface area contributed by atoms with Crippen LogP contribution in [-0.2, 0) is 6.54 Å². The highest BCUT2D eigenvalue weighted by atomic mass is 35.5. The maximum absolute atomic E-state index is 12.6. The van der Waals surface area contributed by atoms with Gasteiger partial charge in [-0.1, -0.05) is 29.8 Å². The van der Waals surface area contributed by atoms with Gasteiger partial charge in [0.25, 0.3) is 5.91 Å². The lowest BCUT2D eigenvalue weighted by Gasteiger charge is -2.14. The molecule has 1 aromatic carbocycles. The van der Waals surface area contributed by atoms with E-state index in [1.165, 1.54) is 0 Å². The van der Waals surface area contributed by atoms with E-state index in [1.807, 2.05) is 36.6 Å². The Morgan fingerprint density at radius 1 is 1.33 bits per heavy atom. The van der Waals surface area contributed by atoms with E-state index in [0.29, 0.717) is 22.9 Å². The van der Waals surface area contributed by atoms with Gasteiger partial charge in [-0.2, -0.15) is 0 Å². The van der Waals surface area contributed by atoms with Crippen molar-refractivity contribution in [1.82, 2.24) is 4.90 Å². The van der Waals surface area contributed by atoms with E-state index in [2.05, 4.69) is 0 Å². The molecule has 3 rings (SSSR count). The summed E-state index contributed by atoms with van der Waals surface area (Å²) in [6.45, 7) is 2.45. The lowest BCUT2D eigenvalue weighted by molar-refractivity contribution is 0.0756. The fraction of sp³-hybridized carbons (Fsp3) is 0.188. The smallest absolute Gasteiger partial charge is 0.289 e. The third-order valence-electron chi connectivity index (χ3n) is 3.43. The third-order valence-corrected chi connectivity index (χ3v) is 4.59. The summed E-state index contributed by atoms with van der Waals surface area (Å²) in [6, 6.07) is 9.52. The number of hydrogen-bond donors (Lipinski definition) is 0. The van der Waals surface area contributed by atoms with Crippen LogP contribution in [0.3, 0.4) is 0 Å². The van der Waals surface area contributed by atoms with Crippen LogP contribution in [0.5, 0.6) is 0 Å². The molecule has 0 aliphatic heterocycles. The molecular weight excluding hydrogens is 306 g/mol. The second-order valence-electron chi connectivity index (χ2n) is 4.91. The maximum atomic E-state index is 12.6. The Morgan fingerprint density at radius 3 is 2.81 bits per heavy atom. The zero-order valence-corrected chi connectivity index (χ0v) is 13.3. The Hall–Kier alpha value is -1.78. The minimum absolute atomic E-state index is 0.131. The SMILES string of the molecule is Cc1c(C(=O)N(C)Cc2cccs2)oc2c(Cl)cccc12. The lowest BCUT2D eigenvalue weighted by Crippen LogP contribution is -2.25. The number of nitrogens with zero attached hydrogens (tertiary/aromatic N) is 1. The number of hydrogen-bond acceptors (Lipinski definition) is 3. The lowest BCUT2D eigenvalue weighted by atomic mass is 10.1. The molecule has 108 valence electrons. The summed E-state index contributed by atoms with van der Waals surface area (Å²) >= 11 is 7.75. The fourth-order valence-corrected chi connectivity index (χ4v) is 3.26. The highest BCUT2D eigenvalue weighted by molar-refractivity contribution is 7.09. The molecule has 2 aromatic heterocycles. The summed E-state index contributed by atoms with van der Waals surface area (Å²) in [5.74, 6) is 0.227. The van der Waals surface area contributed by atoms with Gasteiger partial charge in [0.2, 0.25) is 0 Å². The Kier molecular flexibility index (Phi) is 3.74. The first kappa shape index (κ1) is 14.2. The number of benzene rings is 1. The molecule has 0 atom stereocenters. The van der Waals surface area contributed by atoms with Crippen LogP contribution in [0.15, 0.2) is 40.1 Å². The van der Waals surface area contributed by atoms with Crippen molar-refractivity contribution < 1.29 is 9.21 Å². The zero-order valence-electron chi connectivity index (χ0n) is 11.7. The van der Waals surface area contributed by atoms with Crippen molar-refractivity contribution in [3.63, 3.8) is 0 Å². The monoisotopic (exact) mass is 319 g/mol. The molecule has 0 N–H and O–H groups in total. The van der Waals surface area contributed by atoms with Crippen LogP contribution in [0, 0.1) is 6.92 Å². The third kappa shape index (κ3) is 2.57. The van der Waals surface area contributed by atoms with E-state index < -0.39 is 0 Å². The number of para-hydroxylation sites is 1. The van der Waals surface area contributed by atoms with Gasteiger partial charge in [-0.05, 0) is 24.4 Å².